The summed E-state index contributed by atoms with van der Waals surface area (Å²) in [4.78, 5) is 16.2. The number of hydrogen-bond donors (Lipinski definition) is 1. The standard InChI is InChI=1S/C14H20N4OS/c1-3-5-9-18-13(19)7-6-11(17-18)12-10-20-14(16-12)15-8-4-2/h6-7,10H,3-5,8-9H2,1-2H3,(H,15,16). The quantitative estimate of drug-likeness (QED) is 0.852. The summed E-state index contributed by atoms with van der Waals surface area (Å²) in [6.07, 6.45) is 3.06. The van der Waals surface area contributed by atoms with Gasteiger partial charge in [0.25, 0.3) is 5.56 Å². The second-order valence-electron chi connectivity index (χ2n) is 4.60. The molecule has 20 heavy (non-hydrogen) atoms. The van der Waals surface area contributed by atoms with E-state index >= 15 is 0 Å². The van der Waals surface area contributed by atoms with Crippen LogP contribution in [0.25, 0.3) is 11.4 Å². The van der Waals surface area contributed by atoms with Crippen LogP contribution in [0.4, 0.5) is 5.13 Å². The van der Waals surface area contributed by atoms with E-state index in [-0.39, 0.29) is 5.56 Å². The highest BCUT2D eigenvalue weighted by Crippen LogP contribution is 2.22. The Bertz CT molecular complexity index is 605. The number of hydrogen-bond acceptors (Lipinski definition) is 5. The highest BCUT2D eigenvalue weighted by atomic mass is 32.1. The Balaban J connectivity index is 2.19. The summed E-state index contributed by atoms with van der Waals surface area (Å²) >= 11 is 1.56. The maximum atomic E-state index is 11.7. The summed E-state index contributed by atoms with van der Waals surface area (Å²) in [5, 5.41) is 10.5. The van der Waals surface area contributed by atoms with E-state index in [9.17, 15) is 4.79 Å². The molecular weight excluding hydrogens is 272 g/mol. The maximum absolute atomic E-state index is 11.7. The Labute approximate surface area is 122 Å². The molecule has 0 spiro atoms. The van der Waals surface area contributed by atoms with Crippen molar-refractivity contribution in [3.8, 4) is 11.4 Å². The molecule has 0 amide bonds. The van der Waals surface area contributed by atoms with Crippen molar-refractivity contribution >= 4 is 16.5 Å². The average Bonchev–Trinajstić information content (AvgIpc) is 2.93. The molecule has 2 aromatic rings. The molecule has 2 rings (SSSR count). The van der Waals surface area contributed by atoms with Crippen LogP contribution in [0.2, 0.25) is 0 Å². The van der Waals surface area contributed by atoms with E-state index in [4.69, 9.17) is 0 Å². The van der Waals surface area contributed by atoms with Crippen LogP contribution in [-0.4, -0.2) is 21.3 Å². The number of aryl methyl sites for hydroxylation is 1. The lowest BCUT2D eigenvalue weighted by Gasteiger charge is -2.04. The van der Waals surface area contributed by atoms with Crippen LogP contribution >= 0.6 is 11.3 Å². The van der Waals surface area contributed by atoms with Gasteiger partial charge in [0.15, 0.2) is 5.13 Å². The van der Waals surface area contributed by atoms with E-state index in [2.05, 4.69) is 29.2 Å². The third kappa shape index (κ3) is 3.66. The van der Waals surface area contributed by atoms with Gasteiger partial charge in [-0.15, -0.1) is 11.3 Å². The van der Waals surface area contributed by atoms with Crippen molar-refractivity contribution < 1.29 is 0 Å². The summed E-state index contributed by atoms with van der Waals surface area (Å²) in [5.41, 5.74) is 1.52. The van der Waals surface area contributed by atoms with Crippen molar-refractivity contribution in [1.29, 1.82) is 0 Å². The van der Waals surface area contributed by atoms with Crippen molar-refractivity contribution in [3.63, 3.8) is 0 Å². The second-order valence-corrected chi connectivity index (χ2v) is 5.46. The topological polar surface area (TPSA) is 59.8 Å². The van der Waals surface area contributed by atoms with Crippen molar-refractivity contribution in [2.45, 2.75) is 39.7 Å². The lowest BCUT2D eigenvalue weighted by molar-refractivity contribution is 0.545. The zero-order chi connectivity index (χ0) is 14.4. The van der Waals surface area contributed by atoms with Gasteiger partial charge in [-0.3, -0.25) is 4.79 Å². The van der Waals surface area contributed by atoms with Gasteiger partial charge in [-0.05, 0) is 18.9 Å². The molecule has 0 aliphatic carbocycles. The molecule has 0 aliphatic heterocycles. The van der Waals surface area contributed by atoms with Gasteiger partial charge < -0.3 is 5.32 Å². The minimum absolute atomic E-state index is 0.0539. The molecule has 6 heteroatoms. The van der Waals surface area contributed by atoms with Gasteiger partial charge in [-0.2, -0.15) is 5.10 Å². The largest absolute Gasteiger partial charge is 0.362 e. The smallest absolute Gasteiger partial charge is 0.266 e. The molecule has 0 bridgehead atoms. The summed E-state index contributed by atoms with van der Waals surface area (Å²) in [7, 11) is 0. The van der Waals surface area contributed by atoms with Gasteiger partial charge in [0.2, 0.25) is 0 Å². The van der Waals surface area contributed by atoms with Crippen molar-refractivity contribution in [2.24, 2.45) is 0 Å². The number of nitrogens with one attached hydrogen (secondary N) is 1. The average molecular weight is 292 g/mol. The van der Waals surface area contributed by atoms with Gasteiger partial charge in [-0.1, -0.05) is 20.3 Å². The molecule has 108 valence electrons. The van der Waals surface area contributed by atoms with Gasteiger partial charge in [0.05, 0.1) is 0 Å². The van der Waals surface area contributed by atoms with E-state index in [1.807, 2.05) is 5.38 Å². The normalized spacial score (nSPS) is 10.7. The van der Waals surface area contributed by atoms with Crippen LogP contribution in [0.15, 0.2) is 22.3 Å². The van der Waals surface area contributed by atoms with Crippen LogP contribution in [0.5, 0.6) is 0 Å². The van der Waals surface area contributed by atoms with Gasteiger partial charge >= 0.3 is 0 Å². The third-order valence-electron chi connectivity index (χ3n) is 2.88. The molecule has 0 aliphatic rings. The first-order valence-corrected chi connectivity index (χ1v) is 7.90. The van der Waals surface area contributed by atoms with Crippen LogP contribution < -0.4 is 10.9 Å². The molecule has 1 N–H and O–H groups in total. The molecule has 2 heterocycles. The summed E-state index contributed by atoms with van der Waals surface area (Å²) in [6.45, 7) is 5.79. The molecular formula is C14H20N4OS. The highest BCUT2D eigenvalue weighted by Gasteiger charge is 2.07. The van der Waals surface area contributed by atoms with Crippen molar-refractivity contribution in [3.05, 3.63) is 27.9 Å². The summed E-state index contributed by atoms with van der Waals surface area (Å²) in [5.74, 6) is 0. The molecule has 0 atom stereocenters. The number of anilines is 1. The zero-order valence-electron chi connectivity index (χ0n) is 11.9. The Morgan fingerprint density at radius 2 is 2.10 bits per heavy atom. The number of aromatic nitrogens is 3. The third-order valence-corrected chi connectivity index (χ3v) is 3.68. The first-order valence-electron chi connectivity index (χ1n) is 7.02. The number of rotatable bonds is 7. The van der Waals surface area contributed by atoms with E-state index < -0.39 is 0 Å². The summed E-state index contributed by atoms with van der Waals surface area (Å²) < 4.78 is 1.53. The fourth-order valence-electron chi connectivity index (χ4n) is 1.76. The SMILES string of the molecule is CCCCn1nc(-c2csc(NCCC)n2)ccc1=O. The van der Waals surface area contributed by atoms with Crippen LogP contribution in [0.1, 0.15) is 33.1 Å². The number of thiazole rings is 1. The zero-order valence-corrected chi connectivity index (χ0v) is 12.7. The highest BCUT2D eigenvalue weighted by molar-refractivity contribution is 7.14. The predicted octanol–water partition coefficient (Wildman–Crippen LogP) is 2.99. The number of unbranched alkanes of at least 4 members (excludes halogenated alkanes) is 1. The molecule has 0 aromatic carbocycles. The Morgan fingerprint density at radius 3 is 2.85 bits per heavy atom. The number of nitrogens with zero attached hydrogens (tertiary/aromatic N) is 3. The van der Waals surface area contributed by atoms with Gasteiger partial charge in [0.1, 0.15) is 11.4 Å². The fourth-order valence-corrected chi connectivity index (χ4v) is 2.49. The molecule has 2 aromatic heterocycles. The molecule has 0 saturated carbocycles. The minimum Gasteiger partial charge on any atom is -0.362 e. The monoisotopic (exact) mass is 292 g/mol. The fraction of sp³-hybridized carbons (Fsp3) is 0.500. The maximum Gasteiger partial charge on any atom is 0.266 e. The van der Waals surface area contributed by atoms with Gasteiger partial charge in [0, 0.05) is 24.5 Å². The van der Waals surface area contributed by atoms with Crippen molar-refractivity contribution in [1.82, 2.24) is 14.8 Å². The Kier molecular flexibility index (Phi) is 5.29. The van der Waals surface area contributed by atoms with Crippen LogP contribution in [-0.2, 0) is 6.54 Å². The van der Waals surface area contributed by atoms with Gasteiger partial charge in [-0.25, -0.2) is 9.67 Å². The summed E-state index contributed by atoms with van der Waals surface area (Å²) in [6, 6.07) is 3.31. The molecule has 0 unspecified atom stereocenters. The predicted molar refractivity (Wildman–Crippen MR) is 83.3 cm³/mol. The molecule has 0 radical (unpaired) electrons. The van der Waals surface area contributed by atoms with E-state index in [1.165, 1.54) is 4.68 Å². The van der Waals surface area contributed by atoms with E-state index in [0.717, 1.165) is 42.3 Å². The Hall–Kier alpha value is -1.69. The lowest BCUT2D eigenvalue weighted by Crippen LogP contribution is -2.22. The molecule has 0 saturated heterocycles. The van der Waals surface area contributed by atoms with Crippen LogP contribution in [0.3, 0.4) is 0 Å². The van der Waals surface area contributed by atoms with E-state index in [1.54, 1.807) is 23.5 Å². The first kappa shape index (κ1) is 14.7. The second kappa shape index (κ2) is 7.19. The minimum atomic E-state index is -0.0539. The van der Waals surface area contributed by atoms with Crippen molar-refractivity contribution in [2.75, 3.05) is 11.9 Å². The molecule has 0 fully saturated rings. The van der Waals surface area contributed by atoms with Crippen LogP contribution in [0, 0.1) is 0 Å². The Morgan fingerprint density at radius 1 is 1.25 bits per heavy atom. The van der Waals surface area contributed by atoms with E-state index in [0.29, 0.717) is 6.54 Å². The lowest BCUT2D eigenvalue weighted by atomic mass is 10.3. The first-order chi connectivity index (χ1) is 9.74. The molecule has 5 nitrogen and oxygen atoms in total.